The molecule has 1 fully saturated rings. The van der Waals surface area contributed by atoms with Gasteiger partial charge in [0.05, 0.1) is 26.2 Å². The van der Waals surface area contributed by atoms with Gasteiger partial charge in [0.25, 0.3) is 0 Å². The maximum absolute atomic E-state index is 11.7. The third kappa shape index (κ3) is 7.89. The molecule has 0 aromatic heterocycles. The Hall–Kier alpha value is -4.54. The number of carbonyl (C=O) groups is 6. The number of ether oxygens (including phenoxy) is 3. The number of esters is 2. The number of carboxylic acids is 4. The van der Waals surface area contributed by atoms with Gasteiger partial charge in [0.2, 0.25) is 0 Å². The lowest BCUT2D eigenvalue weighted by molar-refractivity contribution is -0.152. The topological polar surface area (TPSA) is 221 Å². The maximum atomic E-state index is 11.7. The molecule has 0 unspecified atom stereocenters. The molecule has 1 aromatic rings. The van der Waals surface area contributed by atoms with Gasteiger partial charge in [-0.05, 0) is 44.1 Å². The summed E-state index contributed by atoms with van der Waals surface area (Å²) < 4.78 is 17.5. The molecule has 4 aliphatic rings. The Morgan fingerprint density at radius 1 is 0.872 bits per heavy atom. The predicted molar refractivity (Wildman–Crippen MR) is 160 cm³/mol. The van der Waals surface area contributed by atoms with Crippen molar-refractivity contribution >= 4 is 35.8 Å². The highest BCUT2D eigenvalue weighted by Gasteiger charge is 2.65. The number of aliphatic carboxylic acids is 4. The fourth-order valence-electron chi connectivity index (χ4n) is 7.21. The third-order valence-corrected chi connectivity index (χ3v) is 8.84. The molecule has 5 rings (SSSR count). The lowest BCUT2D eigenvalue weighted by Crippen LogP contribution is -2.65. The number of likely N-dealkylation sites (N-methyl/N-ethyl adjacent to an activating group) is 1. The van der Waals surface area contributed by atoms with Crippen LogP contribution < -0.4 is 9.47 Å². The average Bonchev–Trinajstić information content (AvgIpc) is 3.30. The van der Waals surface area contributed by atoms with Crippen molar-refractivity contribution < 1.29 is 63.4 Å². The van der Waals surface area contributed by atoms with Crippen molar-refractivity contribution in [3.8, 4) is 11.5 Å². The molecule has 47 heavy (non-hydrogen) atoms. The summed E-state index contributed by atoms with van der Waals surface area (Å²) in [6.45, 7) is 1.52. The molecule has 2 bridgehead atoms. The number of carbonyl (C=O) groups excluding carboxylic acids is 2. The van der Waals surface area contributed by atoms with Gasteiger partial charge in [-0.2, -0.15) is 0 Å². The molecule has 16 heteroatoms. The van der Waals surface area contributed by atoms with Crippen LogP contribution in [-0.4, -0.2) is 142 Å². The molecule has 0 radical (unpaired) electrons. The molecule has 1 aromatic carbocycles. The molecule has 0 saturated carbocycles. The van der Waals surface area contributed by atoms with Crippen LogP contribution in [0.4, 0.5) is 0 Å². The Labute approximate surface area is 270 Å². The molecular formula is C31H39N3O13. The molecule has 2 heterocycles. The van der Waals surface area contributed by atoms with Crippen LogP contribution in [0.3, 0.4) is 0 Å². The standard InChI is InChI=1S/C21H23NO5.C10H16N2O8/c1-11(23)25-16-6-4-13-10-15-14-5-7-17(26-12(2)24)20-21(14,8-9-22(15)3)18(13)19(16)27-20;13-7(14)3-11(4-8(15)16)1-2-12(5-9(17)18)6-10(19)20/h4-7,14-15,17,20H,8-10H2,1-3H3;1-6H2,(H,13,14)(H,15,16)(H,17,18)(H,19,20)/t14-,15+,17-,20-,21-;/m0./s1. The van der Waals surface area contributed by atoms with Crippen molar-refractivity contribution in [3.05, 3.63) is 35.4 Å². The van der Waals surface area contributed by atoms with Gasteiger partial charge in [-0.1, -0.05) is 12.1 Å². The molecule has 2 aliphatic carbocycles. The van der Waals surface area contributed by atoms with Crippen molar-refractivity contribution in [1.29, 1.82) is 0 Å². The van der Waals surface area contributed by atoms with E-state index in [9.17, 15) is 28.8 Å². The summed E-state index contributed by atoms with van der Waals surface area (Å²) >= 11 is 0. The second-order valence-corrected chi connectivity index (χ2v) is 12.1. The minimum absolute atomic E-state index is 0.0703. The van der Waals surface area contributed by atoms with Crippen molar-refractivity contribution in [2.45, 2.75) is 50.4 Å². The van der Waals surface area contributed by atoms with Crippen LogP contribution in [0.5, 0.6) is 11.5 Å². The number of hydrogen-bond donors (Lipinski definition) is 4. The number of hydrogen-bond acceptors (Lipinski definition) is 12. The van der Waals surface area contributed by atoms with Crippen LogP contribution in [0.15, 0.2) is 24.3 Å². The van der Waals surface area contributed by atoms with E-state index in [2.05, 4.69) is 24.1 Å². The number of nitrogens with zero attached hydrogens (tertiary/aromatic N) is 3. The quantitative estimate of drug-likeness (QED) is 0.123. The first kappa shape index (κ1) is 35.3. The van der Waals surface area contributed by atoms with Gasteiger partial charge in [0.1, 0.15) is 6.10 Å². The predicted octanol–water partition coefficient (Wildman–Crippen LogP) is -0.0826. The number of rotatable bonds is 13. The zero-order valence-corrected chi connectivity index (χ0v) is 26.3. The van der Waals surface area contributed by atoms with E-state index in [1.54, 1.807) is 0 Å². The zero-order chi connectivity index (χ0) is 34.6. The SMILES string of the molecule is CC(=O)Oc1ccc2c3c1O[C@H]1[C@@H](OC(C)=O)C=C[C@H]4[C@@H](C2)N(C)CC[C@@]341.O=C(O)CN(CCN(CC(=O)O)CC(=O)O)CC(=O)O. The monoisotopic (exact) mass is 661 g/mol. The van der Waals surface area contributed by atoms with Crippen molar-refractivity contribution in [1.82, 2.24) is 14.7 Å². The lowest BCUT2D eigenvalue weighted by Gasteiger charge is -2.56. The van der Waals surface area contributed by atoms with Crippen LogP contribution in [0.2, 0.25) is 0 Å². The van der Waals surface area contributed by atoms with Crippen LogP contribution in [0, 0.1) is 5.92 Å². The van der Waals surface area contributed by atoms with E-state index < -0.39 is 56.2 Å². The Morgan fingerprint density at radius 3 is 1.91 bits per heavy atom. The summed E-state index contributed by atoms with van der Waals surface area (Å²) in [7, 11) is 2.17. The van der Waals surface area contributed by atoms with Crippen LogP contribution >= 0.6 is 0 Å². The maximum Gasteiger partial charge on any atom is 0.317 e. The summed E-state index contributed by atoms with van der Waals surface area (Å²) in [5.41, 5.74) is 2.15. The second kappa shape index (κ2) is 14.5. The van der Waals surface area contributed by atoms with Gasteiger partial charge in [0.15, 0.2) is 17.6 Å². The summed E-state index contributed by atoms with van der Waals surface area (Å²) in [5.74, 6) is -4.20. The number of piperidine rings is 1. The summed E-state index contributed by atoms with van der Waals surface area (Å²) in [4.78, 5) is 70.1. The summed E-state index contributed by atoms with van der Waals surface area (Å²) in [5, 5.41) is 34.5. The molecule has 0 amide bonds. The first-order valence-corrected chi connectivity index (χ1v) is 15.0. The Bertz CT molecular complexity index is 1390. The van der Waals surface area contributed by atoms with E-state index in [4.69, 9.17) is 34.6 Å². The third-order valence-electron chi connectivity index (χ3n) is 8.84. The van der Waals surface area contributed by atoms with Gasteiger partial charge in [-0.3, -0.25) is 38.6 Å². The van der Waals surface area contributed by atoms with E-state index in [1.165, 1.54) is 19.4 Å². The molecular weight excluding hydrogens is 622 g/mol. The Morgan fingerprint density at radius 2 is 1.43 bits per heavy atom. The fourth-order valence-corrected chi connectivity index (χ4v) is 7.21. The number of carboxylic acid groups (broad SMARTS) is 4. The van der Waals surface area contributed by atoms with Crippen molar-refractivity contribution in [3.63, 3.8) is 0 Å². The number of benzene rings is 1. The highest BCUT2D eigenvalue weighted by atomic mass is 16.6. The summed E-state index contributed by atoms with van der Waals surface area (Å²) in [6.07, 6.45) is 5.31. The molecule has 2 aliphatic heterocycles. The normalized spacial score (nSPS) is 24.8. The summed E-state index contributed by atoms with van der Waals surface area (Å²) in [6, 6.07) is 4.28. The molecule has 256 valence electrons. The first-order valence-electron chi connectivity index (χ1n) is 15.0. The second-order valence-electron chi connectivity index (χ2n) is 12.1. The van der Waals surface area contributed by atoms with Gasteiger partial charge < -0.3 is 39.5 Å². The fraction of sp³-hybridized carbons (Fsp3) is 0.548. The van der Waals surface area contributed by atoms with Gasteiger partial charge in [-0.15, -0.1) is 0 Å². The minimum atomic E-state index is -1.23. The highest BCUT2D eigenvalue weighted by molar-refractivity contribution is 5.74. The van der Waals surface area contributed by atoms with Crippen LogP contribution in [-0.2, 0) is 45.3 Å². The van der Waals surface area contributed by atoms with Gasteiger partial charge in [0, 0.05) is 49.9 Å². The van der Waals surface area contributed by atoms with Gasteiger partial charge >= 0.3 is 35.8 Å². The van der Waals surface area contributed by atoms with E-state index in [0.717, 1.165) is 34.7 Å². The Balaban J connectivity index is 0.000000225. The number of likely N-dealkylation sites (tertiary alicyclic amines) is 1. The molecule has 16 nitrogen and oxygen atoms in total. The first-order chi connectivity index (χ1) is 22.1. The largest absolute Gasteiger partial charge is 0.481 e. The van der Waals surface area contributed by atoms with Crippen molar-refractivity contribution in [2.24, 2.45) is 5.92 Å². The van der Waals surface area contributed by atoms with Crippen LogP contribution in [0.1, 0.15) is 31.4 Å². The van der Waals surface area contributed by atoms with E-state index in [-0.39, 0.29) is 42.5 Å². The van der Waals surface area contributed by atoms with E-state index in [1.807, 2.05) is 12.1 Å². The average molecular weight is 662 g/mol. The van der Waals surface area contributed by atoms with Crippen molar-refractivity contribution in [2.75, 3.05) is 52.9 Å². The zero-order valence-electron chi connectivity index (χ0n) is 26.3. The minimum Gasteiger partial charge on any atom is -0.481 e. The molecule has 4 N–H and O–H groups in total. The van der Waals surface area contributed by atoms with Gasteiger partial charge in [-0.25, -0.2) is 0 Å². The molecule has 1 spiro atoms. The molecule has 1 saturated heterocycles. The Kier molecular flexibility index (Phi) is 10.9. The smallest absolute Gasteiger partial charge is 0.317 e. The highest BCUT2D eigenvalue weighted by Crippen LogP contribution is 2.62. The van der Waals surface area contributed by atoms with E-state index >= 15 is 0 Å². The van der Waals surface area contributed by atoms with Crippen LogP contribution in [0.25, 0.3) is 0 Å². The lowest BCUT2D eigenvalue weighted by atomic mass is 9.53. The molecule has 5 atom stereocenters. The van der Waals surface area contributed by atoms with E-state index in [0.29, 0.717) is 17.5 Å².